The second kappa shape index (κ2) is 4.93. The summed E-state index contributed by atoms with van der Waals surface area (Å²) >= 11 is 1.45. The highest BCUT2D eigenvalue weighted by molar-refractivity contribution is 7.20. The third-order valence-corrected chi connectivity index (χ3v) is 4.09. The molecule has 0 bridgehead atoms. The minimum absolute atomic E-state index is 0.118. The van der Waals surface area contributed by atoms with Crippen LogP contribution in [0.2, 0.25) is 0 Å². The van der Waals surface area contributed by atoms with E-state index in [1.807, 2.05) is 31.3 Å². The van der Waals surface area contributed by atoms with Gasteiger partial charge in [-0.1, -0.05) is 0 Å². The molecule has 7 heteroatoms. The maximum absolute atomic E-state index is 12.1. The number of nitrogens with one attached hydrogen (secondary N) is 1. The average Bonchev–Trinajstić information content (AvgIpc) is 3.01. The monoisotopic (exact) mass is 287 g/mol. The number of thiophene rings is 1. The van der Waals surface area contributed by atoms with Crippen LogP contribution in [-0.2, 0) is 13.6 Å². The maximum atomic E-state index is 12.1. The van der Waals surface area contributed by atoms with Crippen molar-refractivity contribution in [2.24, 2.45) is 7.05 Å². The average molecular weight is 287 g/mol. The first-order valence-electron chi connectivity index (χ1n) is 6.03. The number of hydrogen-bond acceptors (Lipinski definition) is 5. The molecule has 0 aliphatic heterocycles. The minimum Gasteiger partial charge on any atom is -0.399 e. The molecule has 3 N–H and O–H groups in total. The molecule has 0 aliphatic rings. The van der Waals surface area contributed by atoms with Crippen LogP contribution >= 0.6 is 11.3 Å². The van der Waals surface area contributed by atoms with Crippen LogP contribution in [0.5, 0.6) is 0 Å². The third-order valence-electron chi connectivity index (χ3n) is 2.98. The lowest BCUT2D eigenvalue weighted by molar-refractivity contribution is 0.0953. The first-order chi connectivity index (χ1) is 9.63. The second-order valence-electron chi connectivity index (χ2n) is 4.45. The number of nitrogens with zero attached hydrogens (tertiary/aromatic N) is 3. The molecule has 1 aromatic carbocycles. The van der Waals surface area contributed by atoms with Crippen LogP contribution in [0.3, 0.4) is 0 Å². The van der Waals surface area contributed by atoms with Crippen LogP contribution in [0.4, 0.5) is 5.69 Å². The predicted molar refractivity (Wildman–Crippen MR) is 78.4 cm³/mol. The zero-order chi connectivity index (χ0) is 14.1. The molecular formula is C13H13N5OS. The molecule has 20 heavy (non-hydrogen) atoms. The van der Waals surface area contributed by atoms with E-state index in [2.05, 4.69) is 15.5 Å². The normalized spacial score (nSPS) is 10.8. The Balaban J connectivity index is 1.77. The molecule has 3 rings (SSSR count). The lowest BCUT2D eigenvalue weighted by Gasteiger charge is -2.02. The quantitative estimate of drug-likeness (QED) is 0.715. The van der Waals surface area contributed by atoms with Gasteiger partial charge in [-0.2, -0.15) is 0 Å². The highest BCUT2D eigenvalue weighted by Gasteiger charge is 2.11. The number of fused-ring (bicyclic) bond motifs is 1. The number of rotatable bonds is 3. The van der Waals surface area contributed by atoms with Gasteiger partial charge in [-0.05, 0) is 29.7 Å². The van der Waals surface area contributed by atoms with Gasteiger partial charge in [-0.25, -0.2) is 0 Å². The van der Waals surface area contributed by atoms with Crippen LogP contribution in [-0.4, -0.2) is 20.7 Å². The summed E-state index contributed by atoms with van der Waals surface area (Å²) in [6.45, 7) is 0.353. The largest absolute Gasteiger partial charge is 0.399 e. The van der Waals surface area contributed by atoms with Crippen molar-refractivity contribution in [2.75, 3.05) is 5.73 Å². The van der Waals surface area contributed by atoms with Crippen molar-refractivity contribution in [1.29, 1.82) is 0 Å². The number of amides is 1. The lowest BCUT2D eigenvalue weighted by Crippen LogP contribution is -2.23. The standard InChI is InChI=1S/C13H13N5OS/c1-18-7-16-17-12(18)6-15-13(19)11-5-8-4-9(14)2-3-10(8)20-11/h2-5,7H,6,14H2,1H3,(H,15,19). The first-order valence-corrected chi connectivity index (χ1v) is 6.85. The molecule has 0 aliphatic carbocycles. The molecule has 102 valence electrons. The molecule has 0 unspecified atom stereocenters. The fraction of sp³-hybridized carbons (Fsp3) is 0.154. The van der Waals surface area contributed by atoms with E-state index >= 15 is 0 Å². The van der Waals surface area contributed by atoms with Crippen LogP contribution in [0.25, 0.3) is 10.1 Å². The van der Waals surface area contributed by atoms with Crippen LogP contribution < -0.4 is 11.1 Å². The Morgan fingerprint density at radius 3 is 3.05 bits per heavy atom. The summed E-state index contributed by atoms with van der Waals surface area (Å²) in [6, 6.07) is 7.47. The van der Waals surface area contributed by atoms with E-state index in [0.717, 1.165) is 10.1 Å². The van der Waals surface area contributed by atoms with Gasteiger partial charge in [-0.15, -0.1) is 21.5 Å². The van der Waals surface area contributed by atoms with Crippen molar-refractivity contribution in [3.63, 3.8) is 0 Å². The minimum atomic E-state index is -0.118. The molecule has 0 fully saturated rings. The Labute approximate surface area is 119 Å². The topological polar surface area (TPSA) is 85.8 Å². The lowest BCUT2D eigenvalue weighted by atomic mass is 10.2. The number of carbonyl (C=O) groups is 1. The number of hydrogen-bond donors (Lipinski definition) is 2. The van der Waals surface area contributed by atoms with Crippen molar-refractivity contribution < 1.29 is 4.79 Å². The van der Waals surface area contributed by atoms with Crippen molar-refractivity contribution in [3.8, 4) is 0 Å². The van der Waals surface area contributed by atoms with Crippen LogP contribution in [0.15, 0.2) is 30.6 Å². The molecule has 2 aromatic heterocycles. The predicted octanol–water partition coefficient (Wildman–Crippen LogP) is 1.54. The smallest absolute Gasteiger partial charge is 0.261 e. The fourth-order valence-corrected chi connectivity index (χ4v) is 2.85. The van der Waals surface area contributed by atoms with Gasteiger partial charge >= 0.3 is 0 Å². The number of benzene rings is 1. The van der Waals surface area contributed by atoms with Gasteiger partial charge in [0.2, 0.25) is 0 Å². The number of aromatic nitrogens is 3. The van der Waals surface area contributed by atoms with Gasteiger partial charge in [0.25, 0.3) is 5.91 Å². The van der Waals surface area contributed by atoms with Gasteiger partial charge in [0.05, 0.1) is 11.4 Å². The number of aryl methyl sites for hydroxylation is 1. The van der Waals surface area contributed by atoms with E-state index in [1.54, 1.807) is 10.9 Å². The van der Waals surface area contributed by atoms with Gasteiger partial charge in [0.1, 0.15) is 6.33 Å². The number of nitrogen functional groups attached to an aromatic ring is 1. The van der Waals surface area contributed by atoms with E-state index < -0.39 is 0 Å². The van der Waals surface area contributed by atoms with Crippen molar-refractivity contribution in [1.82, 2.24) is 20.1 Å². The molecule has 0 spiro atoms. The Kier molecular flexibility index (Phi) is 3.11. The first kappa shape index (κ1) is 12.6. The SMILES string of the molecule is Cn1cnnc1CNC(=O)c1cc2cc(N)ccc2s1. The number of carbonyl (C=O) groups excluding carboxylic acids is 1. The maximum Gasteiger partial charge on any atom is 0.261 e. The Morgan fingerprint density at radius 2 is 2.30 bits per heavy atom. The molecule has 1 amide bonds. The summed E-state index contributed by atoms with van der Waals surface area (Å²) in [5, 5.41) is 11.5. The summed E-state index contributed by atoms with van der Waals surface area (Å²) in [5.41, 5.74) is 6.43. The van der Waals surface area contributed by atoms with Gasteiger partial charge in [0, 0.05) is 17.4 Å². The molecule has 0 atom stereocenters. The molecule has 0 radical (unpaired) electrons. The van der Waals surface area contributed by atoms with Gasteiger partial charge in [0.15, 0.2) is 5.82 Å². The summed E-state index contributed by atoms with van der Waals surface area (Å²) in [6.07, 6.45) is 1.60. The number of anilines is 1. The van der Waals surface area contributed by atoms with E-state index in [4.69, 9.17) is 5.73 Å². The summed E-state index contributed by atoms with van der Waals surface area (Å²) < 4.78 is 2.81. The van der Waals surface area contributed by atoms with E-state index in [1.165, 1.54) is 11.3 Å². The third kappa shape index (κ3) is 2.35. The molecule has 0 saturated carbocycles. The van der Waals surface area contributed by atoms with Crippen LogP contribution in [0.1, 0.15) is 15.5 Å². The van der Waals surface area contributed by atoms with Gasteiger partial charge < -0.3 is 15.6 Å². The molecule has 3 aromatic rings. The van der Waals surface area contributed by atoms with Crippen molar-refractivity contribution >= 4 is 33.0 Å². The highest BCUT2D eigenvalue weighted by Crippen LogP contribution is 2.27. The zero-order valence-electron chi connectivity index (χ0n) is 10.8. The Bertz CT molecular complexity index is 776. The van der Waals surface area contributed by atoms with E-state index in [9.17, 15) is 4.79 Å². The van der Waals surface area contributed by atoms with Crippen molar-refractivity contribution in [3.05, 3.63) is 41.3 Å². The molecule has 0 saturated heterocycles. The Hall–Kier alpha value is -2.41. The Morgan fingerprint density at radius 1 is 1.45 bits per heavy atom. The summed E-state index contributed by atoms with van der Waals surface area (Å²) in [4.78, 5) is 12.8. The van der Waals surface area contributed by atoms with E-state index in [0.29, 0.717) is 22.9 Å². The molecule has 2 heterocycles. The zero-order valence-corrected chi connectivity index (χ0v) is 11.6. The summed E-state index contributed by atoms with van der Waals surface area (Å²) in [7, 11) is 1.84. The van der Waals surface area contributed by atoms with E-state index in [-0.39, 0.29) is 5.91 Å². The number of nitrogens with two attached hydrogens (primary N) is 1. The highest BCUT2D eigenvalue weighted by atomic mass is 32.1. The summed E-state index contributed by atoms with van der Waals surface area (Å²) in [5.74, 6) is 0.594. The second-order valence-corrected chi connectivity index (χ2v) is 5.53. The van der Waals surface area contributed by atoms with Gasteiger partial charge in [-0.3, -0.25) is 4.79 Å². The van der Waals surface area contributed by atoms with Crippen LogP contribution in [0, 0.1) is 0 Å². The molecule has 6 nitrogen and oxygen atoms in total. The fourth-order valence-electron chi connectivity index (χ4n) is 1.89. The molecular weight excluding hydrogens is 274 g/mol. The van der Waals surface area contributed by atoms with Crippen molar-refractivity contribution in [2.45, 2.75) is 6.54 Å².